The van der Waals surface area contributed by atoms with Crippen molar-refractivity contribution in [1.82, 2.24) is 0 Å². The fraction of sp³-hybridized carbons (Fsp3) is 0.200. The van der Waals surface area contributed by atoms with Gasteiger partial charge in [0.1, 0.15) is 12.4 Å². The lowest BCUT2D eigenvalue weighted by Crippen LogP contribution is -2.21. The van der Waals surface area contributed by atoms with Crippen molar-refractivity contribution in [2.24, 2.45) is 0 Å². The largest absolute Gasteiger partial charge is 0.707 e. The highest BCUT2D eigenvalue weighted by molar-refractivity contribution is 6.33. The summed E-state index contributed by atoms with van der Waals surface area (Å²) >= 11 is 0. The zero-order valence-electron chi connectivity index (χ0n) is 12.4. The monoisotopic (exact) mass is 304 g/mol. The number of methoxy groups -OCH3 is 2. The molecular weight excluding hydrogens is 287 g/mol. The number of rotatable bonds is 7. The van der Waals surface area contributed by atoms with Crippen molar-refractivity contribution in [2.75, 3.05) is 14.2 Å². The predicted octanol–water partition coefficient (Wildman–Crippen LogP) is 1.63. The van der Waals surface area contributed by atoms with Crippen LogP contribution >= 0.6 is 0 Å². The quantitative estimate of drug-likeness (QED) is 0.757. The average Bonchev–Trinajstić information content (AvgIpc) is 2.53. The van der Waals surface area contributed by atoms with E-state index in [0.717, 1.165) is 5.56 Å². The Morgan fingerprint density at radius 2 is 1.45 bits per heavy atom. The molecule has 0 amide bonds. The van der Waals surface area contributed by atoms with E-state index in [0.29, 0.717) is 23.9 Å². The number of ether oxygens (including phenoxy) is 3. The van der Waals surface area contributed by atoms with Gasteiger partial charge in [-0.1, -0.05) is 30.3 Å². The molecule has 22 heavy (non-hydrogen) atoms. The molecule has 2 aromatic carbocycles. The van der Waals surface area contributed by atoms with Crippen LogP contribution < -0.4 is 18.9 Å². The third-order valence-corrected chi connectivity index (χ3v) is 2.92. The number of benzene rings is 2. The van der Waals surface area contributed by atoms with Gasteiger partial charge in [0.15, 0.2) is 17.2 Å². The van der Waals surface area contributed by atoms with E-state index in [1.807, 2.05) is 30.3 Å². The Morgan fingerprint density at radius 1 is 0.864 bits per heavy atom. The first kappa shape index (κ1) is 16.0. The van der Waals surface area contributed by atoms with Gasteiger partial charge in [-0.2, -0.15) is 0 Å². The average molecular weight is 304 g/mol. The molecule has 0 spiro atoms. The Morgan fingerprint density at radius 3 is 2.05 bits per heavy atom. The Labute approximate surface area is 129 Å². The van der Waals surface area contributed by atoms with Crippen LogP contribution in [0.2, 0.25) is 0 Å². The second kappa shape index (κ2) is 7.58. The fourth-order valence-electron chi connectivity index (χ4n) is 1.90. The molecule has 7 heteroatoms. The minimum Gasteiger partial charge on any atom is -0.509 e. The van der Waals surface area contributed by atoms with Crippen molar-refractivity contribution in [3.63, 3.8) is 0 Å². The van der Waals surface area contributed by atoms with Gasteiger partial charge in [-0.25, -0.2) is 0 Å². The van der Waals surface area contributed by atoms with E-state index >= 15 is 0 Å². The molecule has 0 fully saturated rings. The van der Waals surface area contributed by atoms with Crippen LogP contribution in [0.3, 0.4) is 0 Å². The lowest BCUT2D eigenvalue weighted by Gasteiger charge is -2.16. The smallest absolute Gasteiger partial charge is 0.509 e. The van der Waals surface area contributed by atoms with Crippen LogP contribution in [-0.4, -0.2) is 31.6 Å². The summed E-state index contributed by atoms with van der Waals surface area (Å²) in [6, 6.07) is 12.7. The van der Waals surface area contributed by atoms with Crippen LogP contribution in [0.5, 0.6) is 23.0 Å². The molecule has 0 radical (unpaired) electrons. The summed E-state index contributed by atoms with van der Waals surface area (Å²) < 4.78 is 21.0. The standard InChI is InChI=1S/C15H17BO6/c1-19-12-9-15(22-16(17)18)13(20-2)8-14(12)21-10-11-6-4-3-5-7-11/h3-9,17-18H,10H2,1-2H3. The van der Waals surface area contributed by atoms with Crippen LogP contribution in [0, 0.1) is 0 Å². The van der Waals surface area contributed by atoms with Crippen molar-refractivity contribution in [3.8, 4) is 23.0 Å². The van der Waals surface area contributed by atoms with Crippen LogP contribution in [0.1, 0.15) is 5.56 Å². The molecule has 0 aliphatic carbocycles. The van der Waals surface area contributed by atoms with Crippen molar-refractivity contribution in [3.05, 3.63) is 48.0 Å². The molecule has 0 aliphatic heterocycles. The van der Waals surface area contributed by atoms with Crippen LogP contribution in [-0.2, 0) is 6.61 Å². The third-order valence-electron chi connectivity index (χ3n) is 2.92. The summed E-state index contributed by atoms with van der Waals surface area (Å²) in [5.41, 5.74) is 1.01. The Bertz CT molecular complexity index is 602. The van der Waals surface area contributed by atoms with Crippen molar-refractivity contribution >= 4 is 7.32 Å². The lowest BCUT2D eigenvalue weighted by atomic mass is 10.2. The van der Waals surface area contributed by atoms with E-state index in [9.17, 15) is 0 Å². The molecule has 0 unspecified atom stereocenters. The number of hydrogen-bond acceptors (Lipinski definition) is 6. The van der Waals surface area contributed by atoms with E-state index in [-0.39, 0.29) is 5.75 Å². The molecule has 0 aliphatic rings. The van der Waals surface area contributed by atoms with Crippen molar-refractivity contribution < 1.29 is 28.9 Å². The molecule has 2 rings (SSSR count). The summed E-state index contributed by atoms with van der Waals surface area (Å²) in [6.45, 7) is 0.364. The molecule has 0 saturated heterocycles. The summed E-state index contributed by atoms with van der Waals surface area (Å²) in [4.78, 5) is 0. The molecule has 2 N–H and O–H groups in total. The highest BCUT2D eigenvalue weighted by atomic mass is 16.6. The summed E-state index contributed by atoms with van der Waals surface area (Å²) in [5.74, 6) is 1.30. The molecule has 0 atom stereocenters. The van der Waals surface area contributed by atoms with Crippen molar-refractivity contribution in [2.45, 2.75) is 6.61 Å². The van der Waals surface area contributed by atoms with Gasteiger partial charge in [-0.15, -0.1) is 0 Å². The molecule has 0 aromatic heterocycles. The van der Waals surface area contributed by atoms with Gasteiger partial charge in [0.25, 0.3) is 0 Å². The molecule has 2 aromatic rings. The van der Waals surface area contributed by atoms with Gasteiger partial charge in [0.05, 0.1) is 14.2 Å². The molecule has 6 nitrogen and oxygen atoms in total. The first-order valence-electron chi connectivity index (χ1n) is 6.59. The molecule has 116 valence electrons. The van der Waals surface area contributed by atoms with E-state index < -0.39 is 7.32 Å². The summed E-state index contributed by atoms with van der Waals surface area (Å²) in [7, 11) is 0.977. The zero-order valence-corrected chi connectivity index (χ0v) is 12.4. The highest BCUT2D eigenvalue weighted by Crippen LogP contribution is 2.39. The predicted molar refractivity (Wildman–Crippen MR) is 81.1 cm³/mol. The number of hydrogen-bond donors (Lipinski definition) is 2. The van der Waals surface area contributed by atoms with Crippen LogP contribution in [0.4, 0.5) is 0 Å². The molecular formula is C15H17BO6. The van der Waals surface area contributed by atoms with Gasteiger partial charge in [-0.05, 0) is 5.56 Å². The van der Waals surface area contributed by atoms with Gasteiger partial charge < -0.3 is 28.9 Å². The van der Waals surface area contributed by atoms with Crippen LogP contribution in [0.15, 0.2) is 42.5 Å². The summed E-state index contributed by atoms with van der Waals surface area (Å²) in [5, 5.41) is 17.8. The first-order valence-corrected chi connectivity index (χ1v) is 6.59. The minimum atomic E-state index is -1.95. The zero-order chi connectivity index (χ0) is 15.9. The van der Waals surface area contributed by atoms with E-state index in [1.165, 1.54) is 20.3 Å². The highest BCUT2D eigenvalue weighted by Gasteiger charge is 2.19. The second-order valence-corrected chi connectivity index (χ2v) is 4.37. The second-order valence-electron chi connectivity index (χ2n) is 4.37. The van der Waals surface area contributed by atoms with Gasteiger partial charge in [0.2, 0.25) is 0 Å². The molecule has 0 saturated carbocycles. The fourth-order valence-corrected chi connectivity index (χ4v) is 1.90. The Kier molecular flexibility index (Phi) is 5.51. The van der Waals surface area contributed by atoms with E-state index in [4.69, 9.17) is 28.9 Å². The lowest BCUT2D eigenvalue weighted by molar-refractivity contribution is 0.268. The normalized spacial score (nSPS) is 10.0. The van der Waals surface area contributed by atoms with E-state index in [2.05, 4.69) is 0 Å². The SMILES string of the molecule is COc1cc(OB(O)O)c(OC)cc1OCc1ccccc1. The van der Waals surface area contributed by atoms with E-state index in [1.54, 1.807) is 6.07 Å². The Hall–Kier alpha value is -2.38. The third kappa shape index (κ3) is 4.06. The van der Waals surface area contributed by atoms with Gasteiger partial charge >= 0.3 is 7.32 Å². The maximum atomic E-state index is 8.92. The van der Waals surface area contributed by atoms with Crippen LogP contribution in [0.25, 0.3) is 0 Å². The molecule has 0 heterocycles. The van der Waals surface area contributed by atoms with Gasteiger partial charge in [0, 0.05) is 12.1 Å². The topological polar surface area (TPSA) is 77.4 Å². The minimum absolute atomic E-state index is 0.140. The van der Waals surface area contributed by atoms with Gasteiger partial charge in [-0.3, -0.25) is 0 Å². The maximum absolute atomic E-state index is 8.92. The Balaban J connectivity index is 2.22. The maximum Gasteiger partial charge on any atom is 0.707 e. The molecule has 0 bridgehead atoms. The van der Waals surface area contributed by atoms with Crippen molar-refractivity contribution in [1.29, 1.82) is 0 Å². The summed E-state index contributed by atoms with van der Waals surface area (Å²) in [6.07, 6.45) is 0. The first-order chi connectivity index (χ1) is 10.6.